The van der Waals surface area contributed by atoms with Gasteiger partial charge < -0.3 is 15.4 Å². The zero-order valence-corrected chi connectivity index (χ0v) is 12.6. The molecule has 0 bridgehead atoms. The lowest BCUT2D eigenvalue weighted by molar-refractivity contribution is -0.113. The van der Waals surface area contributed by atoms with Crippen molar-refractivity contribution in [1.29, 1.82) is 0 Å². The third-order valence-corrected chi connectivity index (χ3v) is 3.58. The Kier molecular flexibility index (Phi) is 5.55. The van der Waals surface area contributed by atoms with Gasteiger partial charge in [0.1, 0.15) is 0 Å². The number of hydrogen-bond donors (Lipinski definition) is 2. The zero-order valence-electron chi connectivity index (χ0n) is 11.0. The van der Waals surface area contributed by atoms with Gasteiger partial charge in [-0.3, -0.25) is 9.59 Å². The Morgan fingerprint density at radius 2 is 2.05 bits per heavy atom. The predicted octanol–water partition coefficient (Wildman–Crippen LogP) is 1.93. The van der Waals surface area contributed by atoms with Crippen LogP contribution in [0.4, 0.5) is 5.69 Å². The summed E-state index contributed by atoms with van der Waals surface area (Å²) in [6.45, 7) is 1.32. The van der Waals surface area contributed by atoms with Gasteiger partial charge in [-0.15, -0.1) is 0 Å². The summed E-state index contributed by atoms with van der Waals surface area (Å²) in [6.07, 6.45) is 2.19. The first kappa shape index (κ1) is 15.0. The van der Waals surface area contributed by atoms with Crippen molar-refractivity contribution in [3.05, 3.63) is 29.8 Å². The van der Waals surface area contributed by atoms with Crippen LogP contribution in [-0.2, 0) is 9.53 Å². The summed E-state index contributed by atoms with van der Waals surface area (Å²) >= 11 is 3.07. The van der Waals surface area contributed by atoms with E-state index in [2.05, 4.69) is 26.6 Å². The molecule has 2 rings (SSSR count). The van der Waals surface area contributed by atoms with Crippen molar-refractivity contribution in [2.75, 3.05) is 23.8 Å². The first-order valence-corrected chi connectivity index (χ1v) is 7.67. The van der Waals surface area contributed by atoms with E-state index in [4.69, 9.17) is 4.74 Å². The van der Waals surface area contributed by atoms with E-state index in [9.17, 15) is 9.59 Å². The van der Waals surface area contributed by atoms with Crippen molar-refractivity contribution < 1.29 is 14.3 Å². The second-order valence-corrected chi connectivity index (χ2v) is 5.16. The molecule has 20 heavy (non-hydrogen) atoms. The summed E-state index contributed by atoms with van der Waals surface area (Å²) in [6, 6.07) is 6.80. The monoisotopic (exact) mass is 340 g/mol. The van der Waals surface area contributed by atoms with Gasteiger partial charge in [-0.05, 0) is 37.1 Å². The minimum Gasteiger partial charge on any atom is -0.376 e. The maximum atomic E-state index is 11.9. The molecule has 0 unspecified atom stereocenters. The van der Waals surface area contributed by atoms with Gasteiger partial charge in [-0.2, -0.15) is 0 Å². The number of halogens is 1. The molecule has 1 aromatic carbocycles. The lowest BCUT2D eigenvalue weighted by Crippen LogP contribution is -2.31. The molecule has 0 aromatic heterocycles. The molecule has 5 nitrogen and oxygen atoms in total. The number of carbonyl (C=O) groups excluding carboxylic acids is 2. The van der Waals surface area contributed by atoms with E-state index in [-0.39, 0.29) is 23.2 Å². The average Bonchev–Trinajstić information content (AvgIpc) is 2.98. The lowest BCUT2D eigenvalue weighted by Gasteiger charge is -2.11. The van der Waals surface area contributed by atoms with Crippen LogP contribution >= 0.6 is 15.9 Å². The quantitative estimate of drug-likeness (QED) is 0.805. The summed E-state index contributed by atoms with van der Waals surface area (Å²) in [5, 5.41) is 5.80. The van der Waals surface area contributed by atoms with Crippen LogP contribution in [0, 0.1) is 0 Å². The summed E-state index contributed by atoms with van der Waals surface area (Å²) in [7, 11) is 0. The molecule has 1 aliphatic heterocycles. The van der Waals surface area contributed by atoms with Gasteiger partial charge in [0.05, 0.1) is 11.4 Å². The molecule has 1 saturated heterocycles. The highest BCUT2D eigenvalue weighted by molar-refractivity contribution is 9.09. The van der Waals surface area contributed by atoms with E-state index < -0.39 is 0 Å². The van der Waals surface area contributed by atoms with Crippen LogP contribution in [0.2, 0.25) is 0 Å². The minimum absolute atomic E-state index is 0.124. The SMILES string of the molecule is O=C(CBr)Nc1ccc(C(=O)NC[C@H]2CCCO2)cc1. The van der Waals surface area contributed by atoms with Crippen LogP contribution in [-0.4, -0.2) is 36.4 Å². The number of ether oxygens (including phenoxy) is 1. The Labute approximate surface area is 126 Å². The first-order valence-electron chi connectivity index (χ1n) is 6.54. The molecule has 2 amide bonds. The number of anilines is 1. The Bertz CT molecular complexity index is 470. The molecule has 1 aliphatic rings. The average molecular weight is 341 g/mol. The number of benzene rings is 1. The molecule has 1 atom stereocenters. The van der Waals surface area contributed by atoms with Crippen LogP contribution in [0.3, 0.4) is 0 Å². The van der Waals surface area contributed by atoms with E-state index >= 15 is 0 Å². The summed E-state index contributed by atoms with van der Waals surface area (Å²) in [5.41, 5.74) is 1.24. The van der Waals surface area contributed by atoms with Gasteiger partial charge in [-0.25, -0.2) is 0 Å². The van der Waals surface area contributed by atoms with Gasteiger partial charge in [0, 0.05) is 24.4 Å². The number of nitrogens with one attached hydrogen (secondary N) is 2. The molecular formula is C14H17BrN2O3. The Balaban J connectivity index is 1.85. The topological polar surface area (TPSA) is 67.4 Å². The molecule has 0 spiro atoms. The van der Waals surface area contributed by atoms with Crippen molar-refractivity contribution >= 4 is 33.4 Å². The van der Waals surface area contributed by atoms with Crippen molar-refractivity contribution in [1.82, 2.24) is 5.32 Å². The molecule has 0 aliphatic carbocycles. The van der Waals surface area contributed by atoms with Gasteiger partial charge in [0.15, 0.2) is 0 Å². The normalized spacial score (nSPS) is 17.8. The van der Waals surface area contributed by atoms with Gasteiger partial charge in [0.2, 0.25) is 5.91 Å². The van der Waals surface area contributed by atoms with E-state index in [0.717, 1.165) is 19.4 Å². The Morgan fingerprint density at radius 1 is 1.30 bits per heavy atom. The number of carbonyl (C=O) groups is 2. The molecular weight excluding hydrogens is 324 g/mol. The van der Waals surface area contributed by atoms with E-state index in [1.807, 2.05) is 0 Å². The van der Waals surface area contributed by atoms with Crippen LogP contribution < -0.4 is 10.6 Å². The molecule has 1 heterocycles. The van der Waals surface area contributed by atoms with Crippen molar-refractivity contribution in [2.45, 2.75) is 18.9 Å². The van der Waals surface area contributed by atoms with Crippen LogP contribution in [0.5, 0.6) is 0 Å². The van der Waals surface area contributed by atoms with Gasteiger partial charge >= 0.3 is 0 Å². The highest BCUT2D eigenvalue weighted by Gasteiger charge is 2.16. The van der Waals surface area contributed by atoms with Crippen molar-refractivity contribution in [3.8, 4) is 0 Å². The fraction of sp³-hybridized carbons (Fsp3) is 0.429. The van der Waals surface area contributed by atoms with E-state index in [0.29, 0.717) is 17.8 Å². The van der Waals surface area contributed by atoms with Crippen LogP contribution in [0.1, 0.15) is 23.2 Å². The second-order valence-electron chi connectivity index (χ2n) is 4.60. The maximum Gasteiger partial charge on any atom is 0.251 e. The number of hydrogen-bond acceptors (Lipinski definition) is 3. The molecule has 0 saturated carbocycles. The lowest BCUT2D eigenvalue weighted by atomic mass is 10.2. The Morgan fingerprint density at radius 3 is 2.65 bits per heavy atom. The molecule has 1 fully saturated rings. The third kappa shape index (κ3) is 4.31. The smallest absolute Gasteiger partial charge is 0.251 e. The number of amides is 2. The highest BCUT2D eigenvalue weighted by atomic mass is 79.9. The molecule has 108 valence electrons. The summed E-state index contributed by atoms with van der Waals surface area (Å²) < 4.78 is 5.45. The highest BCUT2D eigenvalue weighted by Crippen LogP contribution is 2.12. The fourth-order valence-electron chi connectivity index (χ4n) is 2.01. The molecule has 2 N–H and O–H groups in total. The molecule has 6 heteroatoms. The van der Waals surface area contributed by atoms with Crippen LogP contribution in [0.15, 0.2) is 24.3 Å². The standard InChI is InChI=1S/C14H17BrN2O3/c15-8-13(18)17-11-5-3-10(4-6-11)14(19)16-9-12-2-1-7-20-12/h3-6,12H,1-2,7-9H2,(H,16,19)(H,17,18)/t12-/m1/s1. The fourth-order valence-corrected chi connectivity index (χ4v) is 2.15. The van der Waals surface area contributed by atoms with Gasteiger partial charge in [0.25, 0.3) is 5.91 Å². The molecule has 1 aromatic rings. The number of alkyl halides is 1. The number of rotatable bonds is 5. The van der Waals surface area contributed by atoms with Crippen molar-refractivity contribution in [2.24, 2.45) is 0 Å². The molecule has 0 radical (unpaired) electrons. The zero-order chi connectivity index (χ0) is 14.4. The third-order valence-electron chi connectivity index (χ3n) is 3.07. The van der Waals surface area contributed by atoms with Gasteiger partial charge in [-0.1, -0.05) is 15.9 Å². The van der Waals surface area contributed by atoms with Crippen molar-refractivity contribution in [3.63, 3.8) is 0 Å². The van der Waals surface area contributed by atoms with Crippen LogP contribution in [0.25, 0.3) is 0 Å². The van der Waals surface area contributed by atoms with E-state index in [1.165, 1.54) is 0 Å². The Hall–Kier alpha value is -1.40. The maximum absolute atomic E-state index is 11.9. The van der Waals surface area contributed by atoms with E-state index in [1.54, 1.807) is 24.3 Å². The second kappa shape index (κ2) is 7.40. The first-order chi connectivity index (χ1) is 9.69. The summed E-state index contributed by atoms with van der Waals surface area (Å²) in [4.78, 5) is 23.1. The minimum atomic E-state index is -0.126. The largest absolute Gasteiger partial charge is 0.376 e. The summed E-state index contributed by atoms with van der Waals surface area (Å²) in [5.74, 6) is -0.251. The predicted molar refractivity (Wildman–Crippen MR) is 80.2 cm³/mol.